The molecule has 1 fully saturated rings. The fourth-order valence-electron chi connectivity index (χ4n) is 3.62. The molecule has 1 aliphatic carbocycles. The molecule has 1 aromatic rings. The van der Waals surface area contributed by atoms with Crippen molar-refractivity contribution in [2.45, 2.75) is 64.8 Å². The lowest BCUT2D eigenvalue weighted by Gasteiger charge is -2.36. The van der Waals surface area contributed by atoms with Crippen molar-refractivity contribution in [2.75, 3.05) is 0 Å². The van der Waals surface area contributed by atoms with Gasteiger partial charge in [-0.05, 0) is 37.2 Å². The van der Waals surface area contributed by atoms with E-state index in [1.54, 1.807) is 0 Å². The maximum atomic E-state index is 5.87. The van der Waals surface area contributed by atoms with Crippen LogP contribution in [0.3, 0.4) is 0 Å². The number of hydrazine groups is 1. The highest BCUT2D eigenvalue weighted by Gasteiger charge is 2.39. The van der Waals surface area contributed by atoms with E-state index < -0.39 is 0 Å². The fourth-order valence-corrected chi connectivity index (χ4v) is 3.62. The molecule has 1 heterocycles. The van der Waals surface area contributed by atoms with E-state index >= 15 is 0 Å². The Morgan fingerprint density at radius 1 is 1.42 bits per heavy atom. The second-order valence-electron chi connectivity index (χ2n) is 5.95. The molecule has 0 aromatic carbocycles. The van der Waals surface area contributed by atoms with Crippen LogP contribution in [0.15, 0.2) is 6.07 Å². The molecule has 1 aliphatic rings. The maximum Gasteiger partial charge on any atom is 0.0624 e. The third-order valence-electron chi connectivity index (χ3n) is 5.05. The van der Waals surface area contributed by atoms with Crippen LogP contribution >= 0.6 is 0 Å². The molecule has 108 valence electrons. The Hall–Kier alpha value is -0.870. The summed E-state index contributed by atoms with van der Waals surface area (Å²) in [6.45, 7) is 4.45. The summed E-state index contributed by atoms with van der Waals surface area (Å²) in [6.07, 6.45) is 8.48. The molecule has 3 N–H and O–H groups in total. The summed E-state index contributed by atoms with van der Waals surface area (Å²) in [5.41, 5.74) is 5.94. The third kappa shape index (κ3) is 2.84. The Morgan fingerprint density at radius 2 is 2.11 bits per heavy atom. The van der Waals surface area contributed by atoms with Crippen molar-refractivity contribution in [1.29, 1.82) is 0 Å². The van der Waals surface area contributed by atoms with Crippen LogP contribution in [0.2, 0.25) is 0 Å². The van der Waals surface area contributed by atoms with E-state index in [0.717, 1.165) is 12.8 Å². The van der Waals surface area contributed by atoms with Gasteiger partial charge in [0.15, 0.2) is 0 Å². The third-order valence-corrected chi connectivity index (χ3v) is 5.05. The molecule has 0 aliphatic heterocycles. The molecule has 1 atom stereocenters. The first-order valence-electron chi connectivity index (χ1n) is 7.63. The molecular weight excluding hydrogens is 236 g/mol. The molecule has 0 bridgehead atoms. The highest BCUT2D eigenvalue weighted by molar-refractivity contribution is 5.13. The summed E-state index contributed by atoms with van der Waals surface area (Å²) in [7, 11) is 2.04. The smallest absolute Gasteiger partial charge is 0.0624 e. The Morgan fingerprint density at radius 3 is 2.58 bits per heavy atom. The molecule has 4 heteroatoms. The van der Waals surface area contributed by atoms with Crippen LogP contribution in [0.4, 0.5) is 0 Å². The standard InChI is InChI=1S/C15H28N4/c1-4-12-10-13(19(3)18-12)11-14(17-16)15(5-2)8-6-7-9-15/h10,14,17H,4-9,11,16H2,1-3H3. The van der Waals surface area contributed by atoms with Gasteiger partial charge in [0.25, 0.3) is 0 Å². The predicted molar refractivity (Wildman–Crippen MR) is 78.6 cm³/mol. The van der Waals surface area contributed by atoms with E-state index in [1.165, 1.54) is 43.5 Å². The van der Waals surface area contributed by atoms with Gasteiger partial charge in [-0.2, -0.15) is 5.10 Å². The summed E-state index contributed by atoms with van der Waals surface area (Å²) in [4.78, 5) is 0. The molecule has 1 saturated carbocycles. The van der Waals surface area contributed by atoms with E-state index in [-0.39, 0.29) is 0 Å². The SMILES string of the molecule is CCc1cc(CC(NN)C2(CC)CCCC2)n(C)n1. The van der Waals surface area contributed by atoms with Crippen LogP contribution in [-0.4, -0.2) is 15.8 Å². The van der Waals surface area contributed by atoms with Crippen molar-refractivity contribution >= 4 is 0 Å². The zero-order valence-corrected chi connectivity index (χ0v) is 12.6. The normalized spacial score (nSPS) is 19.8. The van der Waals surface area contributed by atoms with Gasteiger partial charge in [0, 0.05) is 25.2 Å². The predicted octanol–water partition coefficient (Wildman–Crippen LogP) is 2.33. The minimum atomic E-state index is 0.361. The van der Waals surface area contributed by atoms with Gasteiger partial charge in [0.2, 0.25) is 0 Å². The first-order valence-corrected chi connectivity index (χ1v) is 7.63. The second-order valence-corrected chi connectivity index (χ2v) is 5.95. The first-order chi connectivity index (χ1) is 9.15. The Kier molecular flexibility index (Phi) is 4.63. The topological polar surface area (TPSA) is 55.9 Å². The number of hydrogen-bond acceptors (Lipinski definition) is 3. The van der Waals surface area contributed by atoms with Crippen LogP contribution in [0, 0.1) is 5.41 Å². The van der Waals surface area contributed by atoms with Crippen molar-refractivity contribution < 1.29 is 0 Å². The monoisotopic (exact) mass is 264 g/mol. The van der Waals surface area contributed by atoms with Crippen molar-refractivity contribution in [3.63, 3.8) is 0 Å². The van der Waals surface area contributed by atoms with Crippen molar-refractivity contribution in [3.05, 3.63) is 17.5 Å². The van der Waals surface area contributed by atoms with Crippen LogP contribution in [0.5, 0.6) is 0 Å². The molecule has 2 rings (SSSR count). The lowest BCUT2D eigenvalue weighted by molar-refractivity contribution is 0.183. The van der Waals surface area contributed by atoms with Gasteiger partial charge in [0.05, 0.1) is 5.69 Å². The van der Waals surface area contributed by atoms with Crippen molar-refractivity contribution in [3.8, 4) is 0 Å². The van der Waals surface area contributed by atoms with E-state index in [0.29, 0.717) is 11.5 Å². The lowest BCUT2D eigenvalue weighted by Crippen LogP contribution is -2.48. The summed E-state index contributed by atoms with van der Waals surface area (Å²) < 4.78 is 2.02. The van der Waals surface area contributed by atoms with Gasteiger partial charge < -0.3 is 0 Å². The van der Waals surface area contributed by atoms with E-state index in [2.05, 4.69) is 30.4 Å². The molecule has 0 radical (unpaired) electrons. The van der Waals surface area contributed by atoms with Gasteiger partial charge in [-0.1, -0.05) is 26.7 Å². The Labute approximate surface area is 116 Å². The number of aromatic nitrogens is 2. The maximum absolute atomic E-state index is 5.87. The number of nitrogens with zero attached hydrogens (tertiary/aromatic N) is 2. The van der Waals surface area contributed by atoms with E-state index in [1.807, 2.05) is 11.7 Å². The van der Waals surface area contributed by atoms with Gasteiger partial charge in [0.1, 0.15) is 0 Å². The summed E-state index contributed by atoms with van der Waals surface area (Å²) in [6, 6.07) is 2.59. The van der Waals surface area contributed by atoms with Crippen LogP contribution in [-0.2, 0) is 19.9 Å². The lowest BCUT2D eigenvalue weighted by atomic mass is 9.74. The van der Waals surface area contributed by atoms with Gasteiger partial charge >= 0.3 is 0 Å². The van der Waals surface area contributed by atoms with Crippen molar-refractivity contribution in [1.82, 2.24) is 15.2 Å². The van der Waals surface area contributed by atoms with Gasteiger partial charge in [-0.3, -0.25) is 16.0 Å². The zero-order valence-electron chi connectivity index (χ0n) is 12.6. The number of nitrogens with one attached hydrogen (secondary N) is 1. The molecule has 0 amide bonds. The van der Waals surface area contributed by atoms with E-state index in [4.69, 9.17) is 5.84 Å². The summed E-state index contributed by atoms with van der Waals surface area (Å²) >= 11 is 0. The van der Waals surface area contributed by atoms with Crippen LogP contribution < -0.4 is 11.3 Å². The summed E-state index contributed by atoms with van der Waals surface area (Å²) in [5.74, 6) is 5.87. The first kappa shape index (κ1) is 14.5. The average Bonchev–Trinajstić information content (AvgIpc) is 3.03. The number of hydrogen-bond donors (Lipinski definition) is 2. The molecule has 0 spiro atoms. The number of rotatable bonds is 6. The summed E-state index contributed by atoms with van der Waals surface area (Å²) in [5, 5.41) is 4.54. The molecular formula is C15H28N4. The van der Waals surface area contributed by atoms with Gasteiger partial charge in [-0.25, -0.2) is 0 Å². The van der Waals surface area contributed by atoms with Crippen LogP contribution in [0.25, 0.3) is 0 Å². The van der Waals surface area contributed by atoms with Crippen LogP contribution in [0.1, 0.15) is 57.3 Å². The quantitative estimate of drug-likeness (QED) is 0.612. The Balaban J connectivity index is 2.16. The Bertz CT molecular complexity index is 404. The van der Waals surface area contributed by atoms with Gasteiger partial charge in [-0.15, -0.1) is 0 Å². The minimum Gasteiger partial charge on any atom is -0.272 e. The van der Waals surface area contributed by atoms with Crippen molar-refractivity contribution in [2.24, 2.45) is 18.3 Å². The average molecular weight is 264 g/mol. The second kappa shape index (κ2) is 6.06. The number of aryl methyl sites for hydroxylation is 2. The largest absolute Gasteiger partial charge is 0.272 e. The highest BCUT2D eigenvalue weighted by Crippen LogP contribution is 2.44. The fraction of sp³-hybridized carbons (Fsp3) is 0.800. The van der Waals surface area contributed by atoms with E-state index in [9.17, 15) is 0 Å². The molecule has 19 heavy (non-hydrogen) atoms. The molecule has 4 nitrogen and oxygen atoms in total. The molecule has 0 saturated heterocycles. The highest BCUT2D eigenvalue weighted by atomic mass is 15.3. The molecule has 1 aromatic heterocycles. The number of nitrogens with two attached hydrogens (primary N) is 1. The minimum absolute atomic E-state index is 0.361. The molecule has 1 unspecified atom stereocenters. The zero-order chi connectivity index (χ0) is 13.9.